The van der Waals surface area contributed by atoms with E-state index in [0.717, 1.165) is 27.6 Å². The van der Waals surface area contributed by atoms with Gasteiger partial charge in [0.05, 0.1) is 11.1 Å². The number of fused-ring (bicyclic) bond motifs is 4. The second-order valence-corrected chi connectivity index (χ2v) is 8.29. The van der Waals surface area contributed by atoms with Crippen LogP contribution in [-0.4, -0.2) is 15.6 Å². The first-order valence-electron chi connectivity index (χ1n) is 8.94. The maximum absolute atomic E-state index is 15.0. The van der Waals surface area contributed by atoms with Gasteiger partial charge in [-0.05, 0) is 32.0 Å². The molecule has 3 nitrogen and oxygen atoms in total. The van der Waals surface area contributed by atoms with Gasteiger partial charge < -0.3 is 0 Å². The Balaban J connectivity index is 1.81. The number of aromatic nitrogens is 1. The predicted octanol–water partition coefficient (Wildman–Crippen LogP) is 4.89. The summed E-state index contributed by atoms with van der Waals surface area (Å²) in [6.45, 7) is 8.38. The normalized spacial score (nSPS) is 27.7. The second kappa shape index (κ2) is 4.70. The molecular weight excluding hydrogens is 327 g/mol. The van der Waals surface area contributed by atoms with Crippen molar-refractivity contribution < 1.29 is 9.23 Å². The summed E-state index contributed by atoms with van der Waals surface area (Å²) in [5.41, 5.74) is 1.92. The number of rotatable bonds is 1. The van der Waals surface area contributed by atoms with Crippen molar-refractivity contribution >= 4 is 10.9 Å². The molecule has 1 fully saturated rings. The Kier molecular flexibility index (Phi) is 2.88. The maximum Gasteiger partial charge on any atom is 0.218 e. The van der Waals surface area contributed by atoms with Gasteiger partial charge in [-0.2, -0.15) is 0 Å². The molecule has 26 heavy (non-hydrogen) atoms. The highest BCUT2D eigenvalue weighted by molar-refractivity contribution is 5.79. The van der Waals surface area contributed by atoms with Crippen molar-refractivity contribution in [1.29, 1.82) is 0 Å². The molecule has 5 rings (SSSR count). The average Bonchev–Trinajstić information content (AvgIpc) is 3.38. The van der Waals surface area contributed by atoms with Gasteiger partial charge in [-0.25, -0.2) is 4.39 Å². The van der Waals surface area contributed by atoms with E-state index in [1.807, 2.05) is 41.6 Å². The molecule has 1 saturated heterocycles. The van der Waals surface area contributed by atoms with E-state index in [1.54, 1.807) is 12.1 Å². The lowest BCUT2D eigenvalue weighted by molar-refractivity contribution is 0.0311. The summed E-state index contributed by atoms with van der Waals surface area (Å²) in [6.07, 6.45) is 1.85. The van der Waals surface area contributed by atoms with Gasteiger partial charge in [-0.1, -0.05) is 44.2 Å². The average molecular weight is 348 g/mol. The summed E-state index contributed by atoms with van der Waals surface area (Å²) in [5, 5.41) is 3.06. The van der Waals surface area contributed by atoms with Gasteiger partial charge in [0.25, 0.3) is 0 Å². The highest BCUT2D eigenvalue weighted by Gasteiger charge is 2.72. The molecule has 0 aliphatic carbocycles. The highest BCUT2D eigenvalue weighted by Crippen LogP contribution is 2.64. The fraction of sp³-hybridized carbons (Fsp3) is 0.318. The topological polar surface area (TPSA) is 28.4 Å². The van der Waals surface area contributed by atoms with E-state index in [4.69, 9.17) is 4.84 Å². The maximum atomic E-state index is 15.0. The van der Waals surface area contributed by atoms with Gasteiger partial charge in [-0.15, -0.1) is 5.06 Å². The third-order valence-corrected chi connectivity index (χ3v) is 6.50. The number of hydrogen-bond acceptors (Lipinski definition) is 3. The van der Waals surface area contributed by atoms with Crippen LogP contribution in [0, 0.1) is 5.82 Å². The van der Waals surface area contributed by atoms with Crippen LogP contribution < -0.4 is 0 Å². The monoisotopic (exact) mass is 348 g/mol. The second-order valence-electron chi connectivity index (χ2n) is 8.29. The van der Waals surface area contributed by atoms with Gasteiger partial charge in [0.1, 0.15) is 5.82 Å². The third kappa shape index (κ3) is 1.71. The first-order valence-corrected chi connectivity index (χ1v) is 8.94. The summed E-state index contributed by atoms with van der Waals surface area (Å²) in [6, 6.07) is 15.4. The van der Waals surface area contributed by atoms with Gasteiger partial charge in [0.15, 0.2) is 0 Å². The lowest BCUT2D eigenvalue weighted by atomic mass is 9.63. The summed E-state index contributed by atoms with van der Waals surface area (Å²) >= 11 is 0. The number of hydroxylamine groups is 2. The summed E-state index contributed by atoms with van der Waals surface area (Å²) in [4.78, 5) is 10.9. The van der Waals surface area contributed by atoms with Crippen LogP contribution in [0.1, 0.15) is 44.4 Å². The fourth-order valence-corrected chi connectivity index (χ4v) is 4.36. The van der Waals surface area contributed by atoms with E-state index in [1.165, 1.54) is 0 Å². The third-order valence-electron chi connectivity index (χ3n) is 6.50. The lowest BCUT2D eigenvalue weighted by Crippen LogP contribution is -2.55. The molecule has 0 saturated carbocycles. The molecule has 0 N–H and O–H groups in total. The quantitative estimate of drug-likeness (QED) is 0.586. The van der Waals surface area contributed by atoms with Gasteiger partial charge in [-0.3, -0.25) is 9.82 Å². The number of hydrogen-bond donors (Lipinski definition) is 0. The van der Waals surface area contributed by atoms with Crippen LogP contribution in [0.15, 0.2) is 54.7 Å². The zero-order valence-corrected chi connectivity index (χ0v) is 15.4. The highest BCUT2D eigenvalue weighted by atomic mass is 19.1. The Labute approximate surface area is 152 Å². The Bertz CT molecular complexity index is 1060. The Morgan fingerprint density at radius 1 is 1.00 bits per heavy atom. The largest absolute Gasteiger partial charge is 0.260 e. The van der Waals surface area contributed by atoms with Crippen molar-refractivity contribution in [2.24, 2.45) is 0 Å². The molecule has 0 amide bonds. The molecule has 3 aromatic rings. The molecule has 4 heteroatoms. The van der Waals surface area contributed by atoms with Crippen molar-refractivity contribution in [2.45, 2.75) is 44.4 Å². The first kappa shape index (κ1) is 15.9. The Morgan fingerprint density at radius 3 is 2.58 bits per heavy atom. The van der Waals surface area contributed by atoms with Crippen LogP contribution in [0.4, 0.5) is 4.39 Å². The van der Waals surface area contributed by atoms with Crippen LogP contribution in [0.3, 0.4) is 0 Å². The van der Waals surface area contributed by atoms with Crippen molar-refractivity contribution in [2.75, 3.05) is 0 Å². The molecule has 2 atom stereocenters. The van der Waals surface area contributed by atoms with Crippen LogP contribution in [0.2, 0.25) is 0 Å². The van der Waals surface area contributed by atoms with Crippen molar-refractivity contribution in [1.82, 2.24) is 10.0 Å². The summed E-state index contributed by atoms with van der Waals surface area (Å²) in [5.74, 6) is -0.177. The van der Waals surface area contributed by atoms with E-state index in [0.29, 0.717) is 0 Å². The van der Waals surface area contributed by atoms with E-state index < -0.39 is 11.1 Å². The molecule has 132 valence electrons. The van der Waals surface area contributed by atoms with Crippen LogP contribution in [0.25, 0.3) is 10.9 Å². The van der Waals surface area contributed by atoms with Crippen LogP contribution in [0.5, 0.6) is 0 Å². The van der Waals surface area contributed by atoms with E-state index >= 15 is 0 Å². The zero-order valence-electron chi connectivity index (χ0n) is 15.4. The zero-order chi connectivity index (χ0) is 18.3. The molecule has 0 spiro atoms. The van der Waals surface area contributed by atoms with Crippen molar-refractivity contribution in [3.63, 3.8) is 0 Å². The van der Waals surface area contributed by atoms with E-state index in [2.05, 4.69) is 38.7 Å². The lowest BCUT2D eigenvalue weighted by Gasteiger charge is -2.47. The molecule has 2 unspecified atom stereocenters. The minimum atomic E-state index is -0.770. The fourth-order valence-electron chi connectivity index (χ4n) is 4.36. The summed E-state index contributed by atoms with van der Waals surface area (Å²) < 4.78 is 15.0. The van der Waals surface area contributed by atoms with Gasteiger partial charge in [0.2, 0.25) is 5.72 Å². The molecule has 0 radical (unpaired) electrons. The number of halogens is 1. The minimum Gasteiger partial charge on any atom is -0.260 e. The van der Waals surface area contributed by atoms with Crippen molar-refractivity contribution in [3.05, 3.63) is 77.2 Å². The first-order chi connectivity index (χ1) is 12.3. The number of benzene rings is 2. The van der Waals surface area contributed by atoms with Gasteiger partial charge in [0, 0.05) is 33.7 Å². The molecule has 3 heterocycles. The molecule has 2 aromatic carbocycles. The minimum absolute atomic E-state index is 0.177. The van der Waals surface area contributed by atoms with Crippen LogP contribution >= 0.6 is 0 Å². The SMILES string of the molecule is CC1(C)c2c(F)cccc2C2(c3cnc4ccccc4c3)ON2C1(C)C. The van der Waals surface area contributed by atoms with E-state index in [-0.39, 0.29) is 11.4 Å². The Morgan fingerprint density at radius 2 is 1.77 bits per heavy atom. The number of nitrogens with zero attached hydrogens (tertiary/aromatic N) is 2. The molecule has 0 bridgehead atoms. The molecule has 2 aliphatic rings. The standard InChI is InChI=1S/C22H21FN2O/c1-20(2)19-16(9-7-10-17(19)23)22(25(26-22)21(20,3)4)15-12-14-8-5-6-11-18(14)24-13-15/h5-13H,1-4H3. The molecule has 1 aromatic heterocycles. The number of pyridine rings is 1. The van der Waals surface area contributed by atoms with Crippen LogP contribution in [-0.2, 0) is 16.0 Å². The predicted molar refractivity (Wildman–Crippen MR) is 99.0 cm³/mol. The molecular formula is C22H21FN2O. The van der Waals surface area contributed by atoms with E-state index in [9.17, 15) is 4.39 Å². The summed E-state index contributed by atoms with van der Waals surface area (Å²) in [7, 11) is 0. The van der Waals surface area contributed by atoms with Crippen molar-refractivity contribution in [3.8, 4) is 0 Å². The number of para-hydroxylation sites is 1. The molecule has 2 aliphatic heterocycles. The van der Waals surface area contributed by atoms with Gasteiger partial charge >= 0.3 is 0 Å². The Hall–Kier alpha value is -2.30. The smallest absolute Gasteiger partial charge is 0.218 e.